The molecule has 3 nitrogen and oxygen atoms in total. The summed E-state index contributed by atoms with van der Waals surface area (Å²) in [5, 5.41) is 0. The van der Waals surface area contributed by atoms with Gasteiger partial charge in [-0.25, -0.2) is 0 Å². The van der Waals surface area contributed by atoms with E-state index in [1.807, 2.05) is 0 Å². The molecule has 0 rings (SSSR count). The van der Waals surface area contributed by atoms with Crippen molar-refractivity contribution in [2.45, 2.75) is 13.3 Å². The summed E-state index contributed by atoms with van der Waals surface area (Å²) >= 11 is -2.54. The van der Waals surface area contributed by atoms with Crippen LogP contribution in [0.4, 0.5) is 4.39 Å². The van der Waals surface area contributed by atoms with Gasteiger partial charge in [0.05, 0.1) is 0 Å². The number of rotatable bonds is 3. The minimum atomic E-state index is -2.54. The smallest absolute Gasteiger partial charge is 0.350 e. The highest BCUT2D eigenvalue weighted by molar-refractivity contribution is 7.74. The average Bonchev–Trinajstić information content (AvgIpc) is 1.63. The molecule has 0 fully saturated rings. The van der Waals surface area contributed by atoms with Crippen LogP contribution < -0.4 is 0 Å². The third kappa shape index (κ3) is 5.45. The standard InChI is InChI=1S/C4H7FO3S/c1-2-3-4(5)8-9(6)7/h3H,2H2,1H3,(H,6,7). The minimum Gasteiger partial charge on any atom is -0.350 e. The van der Waals surface area contributed by atoms with Crippen LogP contribution in [0.25, 0.3) is 0 Å². The molecule has 1 N–H and O–H groups in total. The Morgan fingerprint density at radius 2 is 2.56 bits per heavy atom. The van der Waals surface area contributed by atoms with Crippen molar-refractivity contribution in [3.05, 3.63) is 12.1 Å². The second kappa shape index (κ2) is 4.46. The van der Waals surface area contributed by atoms with Crippen LogP contribution >= 0.6 is 0 Å². The van der Waals surface area contributed by atoms with Gasteiger partial charge in [-0.3, -0.25) is 4.55 Å². The van der Waals surface area contributed by atoms with E-state index < -0.39 is 17.4 Å². The van der Waals surface area contributed by atoms with Crippen molar-refractivity contribution in [3.63, 3.8) is 0 Å². The first-order chi connectivity index (χ1) is 4.16. The summed E-state index contributed by atoms with van der Waals surface area (Å²) < 4.78 is 33.3. The molecule has 0 aliphatic heterocycles. The maximum absolute atomic E-state index is 11.9. The molecule has 54 valence electrons. The lowest BCUT2D eigenvalue weighted by Crippen LogP contribution is -1.90. The van der Waals surface area contributed by atoms with Gasteiger partial charge in [0.1, 0.15) is 0 Å². The monoisotopic (exact) mass is 154 g/mol. The van der Waals surface area contributed by atoms with Crippen molar-refractivity contribution >= 4 is 11.4 Å². The van der Waals surface area contributed by atoms with E-state index >= 15 is 0 Å². The van der Waals surface area contributed by atoms with Gasteiger partial charge >= 0.3 is 11.4 Å². The van der Waals surface area contributed by atoms with Gasteiger partial charge in [-0.1, -0.05) is 6.92 Å². The van der Waals surface area contributed by atoms with Crippen LogP contribution in [0, 0.1) is 0 Å². The molecule has 0 saturated heterocycles. The summed E-state index contributed by atoms with van der Waals surface area (Å²) in [5.74, 6) is 0. The maximum atomic E-state index is 11.9. The quantitative estimate of drug-likeness (QED) is 0.493. The maximum Gasteiger partial charge on any atom is 0.359 e. The predicted molar refractivity (Wildman–Crippen MR) is 31.3 cm³/mol. The number of allylic oxidation sites excluding steroid dienone is 1. The highest BCUT2D eigenvalue weighted by Gasteiger charge is 1.96. The fourth-order valence-electron chi connectivity index (χ4n) is 0.263. The molecule has 0 aromatic heterocycles. The van der Waals surface area contributed by atoms with Gasteiger partial charge in [0.2, 0.25) is 0 Å². The summed E-state index contributed by atoms with van der Waals surface area (Å²) in [6.45, 7) is 1.68. The van der Waals surface area contributed by atoms with Crippen LogP contribution in [-0.2, 0) is 15.5 Å². The Morgan fingerprint density at radius 3 is 2.89 bits per heavy atom. The molecule has 1 unspecified atom stereocenters. The van der Waals surface area contributed by atoms with Gasteiger partial charge in [-0.15, -0.1) is 0 Å². The first-order valence-electron chi connectivity index (χ1n) is 2.31. The highest BCUT2D eigenvalue weighted by atomic mass is 32.2. The van der Waals surface area contributed by atoms with Crippen molar-refractivity contribution in [1.82, 2.24) is 0 Å². The van der Waals surface area contributed by atoms with Crippen LogP contribution in [0.15, 0.2) is 12.1 Å². The third-order valence-electron chi connectivity index (χ3n) is 0.516. The lowest BCUT2D eigenvalue weighted by atomic mass is 10.5. The van der Waals surface area contributed by atoms with Crippen molar-refractivity contribution in [3.8, 4) is 0 Å². The fraction of sp³-hybridized carbons (Fsp3) is 0.500. The van der Waals surface area contributed by atoms with E-state index in [2.05, 4.69) is 4.18 Å². The van der Waals surface area contributed by atoms with Crippen molar-refractivity contribution in [2.75, 3.05) is 0 Å². The zero-order chi connectivity index (χ0) is 7.28. The topological polar surface area (TPSA) is 46.5 Å². The molecule has 0 radical (unpaired) electrons. The lowest BCUT2D eigenvalue weighted by molar-refractivity contribution is 0.294. The van der Waals surface area contributed by atoms with Crippen LogP contribution in [-0.4, -0.2) is 8.76 Å². The van der Waals surface area contributed by atoms with Crippen molar-refractivity contribution in [1.29, 1.82) is 0 Å². The van der Waals surface area contributed by atoms with Gasteiger partial charge in [0.15, 0.2) is 0 Å². The van der Waals surface area contributed by atoms with Gasteiger partial charge in [-0.2, -0.15) is 8.60 Å². The molecule has 0 amide bonds. The molecule has 0 bridgehead atoms. The largest absolute Gasteiger partial charge is 0.359 e. The summed E-state index contributed by atoms with van der Waals surface area (Å²) in [6, 6.07) is -1.02. The van der Waals surface area contributed by atoms with E-state index in [0.29, 0.717) is 6.42 Å². The average molecular weight is 154 g/mol. The molecule has 0 heterocycles. The van der Waals surface area contributed by atoms with E-state index in [1.165, 1.54) is 0 Å². The predicted octanol–water partition coefficient (Wildman–Crippen LogP) is 1.36. The Morgan fingerprint density at radius 1 is 2.00 bits per heavy atom. The van der Waals surface area contributed by atoms with Crippen molar-refractivity contribution in [2.24, 2.45) is 0 Å². The molecule has 9 heavy (non-hydrogen) atoms. The molecule has 0 aliphatic carbocycles. The van der Waals surface area contributed by atoms with E-state index in [1.54, 1.807) is 6.92 Å². The molecule has 0 aromatic carbocycles. The van der Waals surface area contributed by atoms with Gasteiger partial charge < -0.3 is 4.18 Å². The van der Waals surface area contributed by atoms with Gasteiger partial charge in [0, 0.05) is 0 Å². The summed E-state index contributed by atoms with van der Waals surface area (Å²) in [4.78, 5) is 0. The zero-order valence-electron chi connectivity index (χ0n) is 4.83. The number of hydrogen-bond donors (Lipinski definition) is 1. The summed E-state index contributed by atoms with van der Waals surface area (Å²) in [7, 11) is 0. The van der Waals surface area contributed by atoms with Crippen LogP contribution in [0.5, 0.6) is 0 Å². The molecule has 0 aliphatic rings. The SMILES string of the molecule is CCC=C(F)OS(=O)O. The Bertz CT molecular complexity index is 134. The van der Waals surface area contributed by atoms with E-state index in [-0.39, 0.29) is 0 Å². The van der Waals surface area contributed by atoms with Gasteiger partial charge in [-0.05, 0) is 12.5 Å². The molecular weight excluding hydrogens is 147 g/mol. The highest BCUT2D eigenvalue weighted by Crippen LogP contribution is 2.00. The Kier molecular flexibility index (Phi) is 4.25. The number of hydrogen-bond acceptors (Lipinski definition) is 2. The van der Waals surface area contributed by atoms with E-state index in [9.17, 15) is 8.60 Å². The molecule has 0 spiro atoms. The van der Waals surface area contributed by atoms with Crippen LogP contribution in [0.1, 0.15) is 13.3 Å². The zero-order valence-corrected chi connectivity index (χ0v) is 5.65. The molecule has 5 heteroatoms. The lowest BCUT2D eigenvalue weighted by Gasteiger charge is -1.91. The Balaban J connectivity index is 3.62. The Hall–Kier alpha value is -0.420. The van der Waals surface area contributed by atoms with Gasteiger partial charge in [0.25, 0.3) is 6.01 Å². The normalized spacial score (nSPS) is 15.2. The summed E-state index contributed by atoms with van der Waals surface area (Å²) in [5.41, 5.74) is 0. The Labute approximate surface area is 55.0 Å². The van der Waals surface area contributed by atoms with Crippen molar-refractivity contribution < 1.29 is 17.3 Å². The second-order valence-corrected chi connectivity index (χ2v) is 1.82. The number of halogens is 1. The minimum absolute atomic E-state index is 0.434. The first-order valence-corrected chi connectivity index (χ1v) is 3.34. The van der Waals surface area contributed by atoms with Crippen LogP contribution in [0.2, 0.25) is 0 Å². The third-order valence-corrected chi connectivity index (χ3v) is 0.817. The molecular formula is C4H7FO3S. The first kappa shape index (κ1) is 8.58. The van der Waals surface area contributed by atoms with Crippen LogP contribution in [0.3, 0.4) is 0 Å². The molecule has 1 atom stereocenters. The molecule has 0 aromatic rings. The second-order valence-electron chi connectivity index (χ2n) is 1.22. The van der Waals surface area contributed by atoms with E-state index in [4.69, 9.17) is 4.55 Å². The van der Waals surface area contributed by atoms with E-state index in [0.717, 1.165) is 6.08 Å². The molecule has 0 saturated carbocycles. The fourth-order valence-corrected chi connectivity index (χ4v) is 0.467. The summed E-state index contributed by atoms with van der Waals surface area (Å²) in [6.07, 6.45) is 1.50.